The Morgan fingerprint density at radius 3 is 3.00 bits per heavy atom. The van der Waals surface area contributed by atoms with Crippen molar-refractivity contribution in [2.75, 3.05) is 13.3 Å². The highest BCUT2D eigenvalue weighted by Gasteiger charge is 2.17. The average molecular weight is 208 g/mol. The number of carbonyl (C=O) groups excluding carboxylic acids is 1. The van der Waals surface area contributed by atoms with Crippen LogP contribution in [0.15, 0.2) is 18.2 Å². The van der Waals surface area contributed by atoms with Crippen LogP contribution in [0.1, 0.15) is 28.8 Å². The van der Waals surface area contributed by atoms with Gasteiger partial charge in [0, 0.05) is 12.0 Å². The normalized spacial score (nSPS) is 14.9. The maximum absolute atomic E-state index is 11.9. The molecule has 1 aromatic carbocycles. The molecule has 3 heteroatoms. The summed E-state index contributed by atoms with van der Waals surface area (Å²) in [6.07, 6.45) is 2.49. The smallest absolute Gasteiger partial charge is 0.163 e. The van der Waals surface area contributed by atoms with Crippen LogP contribution in [0, 0.1) is 0 Å². The molecule has 0 bridgehead atoms. The molecule has 0 unspecified atom stereocenters. The molecule has 0 fully saturated rings. The first kappa shape index (κ1) is 10.1. The average Bonchev–Trinajstić information content (AvgIpc) is 2.27. The number of hydrogen-bond donors (Lipinski definition) is 0. The highest BCUT2D eigenvalue weighted by Crippen LogP contribution is 2.25. The first-order chi connectivity index (χ1) is 7.31. The zero-order chi connectivity index (χ0) is 10.7. The van der Waals surface area contributed by atoms with Gasteiger partial charge in [0.15, 0.2) is 5.78 Å². The van der Waals surface area contributed by atoms with Crippen LogP contribution in [0.5, 0.6) is 5.75 Å². The van der Waals surface area contributed by atoms with E-state index in [-0.39, 0.29) is 12.4 Å². The van der Waals surface area contributed by atoms with Gasteiger partial charge >= 0.3 is 0 Å². The van der Waals surface area contributed by atoms with Crippen LogP contribution in [0.2, 0.25) is 0 Å². The second-order valence-corrected chi connectivity index (χ2v) is 3.63. The second-order valence-electron chi connectivity index (χ2n) is 3.63. The lowest BCUT2D eigenvalue weighted by Crippen LogP contribution is -2.11. The topological polar surface area (TPSA) is 26.3 Å². The fourth-order valence-corrected chi connectivity index (χ4v) is 1.85. The van der Waals surface area contributed by atoms with E-state index in [4.69, 9.17) is 4.74 Å². The number of benzene rings is 1. The highest BCUT2D eigenvalue weighted by molar-refractivity contribution is 5.98. The van der Waals surface area contributed by atoms with Gasteiger partial charge in [-0.1, -0.05) is 6.07 Å². The van der Waals surface area contributed by atoms with Crippen LogP contribution < -0.4 is 4.74 Å². The first-order valence-electron chi connectivity index (χ1n) is 5.16. The van der Waals surface area contributed by atoms with Gasteiger partial charge in [-0.3, -0.25) is 4.79 Å². The van der Waals surface area contributed by atoms with Gasteiger partial charge in [0.1, 0.15) is 19.0 Å². The van der Waals surface area contributed by atoms with Crippen LogP contribution >= 0.6 is 0 Å². The van der Waals surface area contributed by atoms with Crippen molar-refractivity contribution in [3.8, 4) is 5.75 Å². The van der Waals surface area contributed by atoms with E-state index in [1.54, 1.807) is 12.1 Å². The number of alkyl halides is 1. The van der Waals surface area contributed by atoms with Gasteiger partial charge in [0.25, 0.3) is 0 Å². The first-order valence-corrected chi connectivity index (χ1v) is 5.16. The SMILES string of the molecule is O=C1CCCc2ccc(OCCF)cc21. The number of aryl methyl sites for hydroxylation is 1. The molecule has 80 valence electrons. The zero-order valence-electron chi connectivity index (χ0n) is 8.46. The molecular formula is C12H13FO2. The summed E-state index contributed by atoms with van der Waals surface area (Å²) in [7, 11) is 0. The summed E-state index contributed by atoms with van der Waals surface area (Å²) in [6.45, 7) is -0.460. The van der Waals surface area contributed by atoms with Crippen LogP contribution in [0.25, 0.3) is 0 Å². The maximum Gasteiger partial charge on any atom is 0.163 e. The van der Waals surface area contributed by atoms with Crippen molar-refractivity contribution in [2.24, 2.45) is 0 Å². The molecule has 0 heterocycles. The zero-order valence-corrected chi connectivity index (χ0v) is 8.46. The number of Topliss-reactive ketones (excluding diaryl/α,β-unsaturated/α-hetero) is 1. The number of rotatable bonds is 3. The van der Waals surface area contributed by atoms with Crippen LogP contribution in [0.3, 0.4) is 0 Å². The molecule has 1 aliphatic carbocycles. The molecule has 0 spiro atoms. The molecule has 0 saturated heterocycles. The third-order valence-electron chi connectivity index (χ3n) is 2.58. The predicted molar refractivity (Wildman–Crippen MR) is 55.2 cm³/mol. The Bertz CT molecular complexity index is 374. The van der Waals surface area contributed by atoms with Gasteiger partial charge in [-0.25, -0.2) is 4.39 Å². The van der Waals surface area contributed by atoms with Crippen molar-refractivity contribution in [2.45, 2.75) is 19.3 Å². The minimum atomic E-state index is -0.509. The Morgan fingerprint density at radius 2 is 2.20 bits per heavy atom. The van der Waals surface area contributed by atoms with E-state index < -0.39 is 6.67 Å². The summed E-state index contributed by atoms with van der Waals surface area (Å²) in [5.41, 5.74) is 1.83. The lowest BCUT2D eigenvalue weighted by atomic mass is 9.90. The van der Waals surface area contributed by atoms with E-state index in [1.807, 2.05) is 6.07 Å². The van der Waals surface area contributed by atoms with Crippen molar-refractivity contribution in [1.82, 2.24) is 0 Å². The Morgan fingerprint density at radius 1 is 1.33 bits per heavy atom. The summed E-state index contributed by atoms with van der Waals surface area (Å²) in [5, 5.41) is 0. The lowest BCUT2D eigenvalue weighted by molar-refractivity contribution is 0.0972. The van der Waals surface area contributed by atoms with Gasteiger partial charge in [-0.05, 0) is 30.5 Å². The summed E-state index contributed by atoms with van der Waals surface area (Å²) in [5.74, 6) is 0.753. The molecule has 0 radical (unpaired) electrons. The van der Waals surface area contributed by atoms with Gasteiger partial charge < -0.3 is 4.74 Å². The Balaban J connectivity index is 2.23. The molecule has 2 rings (SSSR count). The van der Waals surface area contributed by atoms with E-state index in [2.05, 4.69) is 0 Å². The number of carbonyl (C=O) groups is 1. The Kier molecular flexibility index (Phi) is 2.99. The Labute approximate surface area is 88.1 Å². The molecule has 0 N–H and O–H groups in total. The number of fused-ring (bicyclic) bond motifs is 1. The standard InChI is InChI=1S/C12H13FO2/c13-6-7-15-10-5-4-9-2-1-3-12(14)11(9)8-10/h4-5,8H,1-3,6-7H2. The largest absolute Gasteiger partial charge is 0.491 e. The molecule has 2 nitrogen and oxygen atoms in total. The number of ketones is 1. The van der Waals surface area contributed by atoms with Gasteiger partial charge in [0.05, 0.1) is 0 Å². The molecular weight excluding hydrogens is 195 g/mol. The highest BCUT2D eigenvalue weighted by atomic mass is 19.1. The molecule has 0 aromatic heterocycles. The van der Waals surface area contributed by atoms with E-state index in [1.165, 1.54) is 0 Å². The van der Waals surface area contributed by atoms with E-state index in [0.717, 1.165) is 24.0 Å². The second kappa shape index (κ2) is 4.43. The lowest BCUT2D eigenvalue weighted by Gasteiger charge is -2.15. The van der Waals surface area contributed by atoms with Gasteiger partial charge in [0.2, 0.25) is 0 Å². The van der Waals surface area contributed by atoms with Crippen molar-refractivity contribution in [1.29, 1.82) is 0 Å². The number of ether oxygens (including phenoxy) is 1. The molecule has 0 amide bonds. The third kappa shape index (κ3) is 2.17. The summed E-state index contributed by atoms with van der Waals surface area (Å²) >= 11 is 0. The van der Waals surface area contributed by atoms with Crippen molar-refractivity contribution in [3.63, 3.8) is 0 Å². The fraction of sp³-hybridized carbons (Fsp3) is 0.417. The van der Waals surface area contributed by atoms with Crippen molar-refractivity contribution < 1.29 is 13.9 Å². The molecule has 0 saturated carbocycles. The van der Waals surface area contributed by atoms with Crippen molar-refractivity contribution in [3.05, 3.63) is 29.3 Å². The summed E-state index contributed by atoms with van der Waals surface area (Å²) < 4.78 is 17.0. The summed E-state index contributed by atoms with van der Waals surface area (Å²) in [6, 6.07) is 5.43. The van der Waals surface area contributed by atoms with E-state index >= 15 is 0 Å². The molecule has 0 aliphatic heterocycles. The molecule has 15 heavy (non-hydrogen) atoms. The monoisotopic (exact) mass is 208 g/mol. The minimum absolute atomic E-state index is 0.0486. The maximum atomic E-state index is 11.9. The molecule has 1 aliphatic rings. The molecule has 0 atom stereocenters. The minimum Gasteiger partial charge on any atom is -0.491 e. The third-order valence-corrected chi connectivity index (χ3v) is 2.58. The van der Waals surface area contributed by atoms with Gasteiger partial charge in [-0.2, -0.15) is 0 Å². The number of halogens is 1. The van der Waals surface area contributed by atoms with Crippen LogP contribution in [-0.4, -0.2) is 19.1 Å². The van der Waals surface area contributed by atoms with E-state index in [0.29, 0.717) is 12.2 Å². The Hall–Kier alpha value is -1.38. The number of hydrogen-bond acceptors (Lipinski definition) is 2. The van der Waals surface area contributed by atoms with Gasteiger partial charge in [-0.15, -0.1) is 0 Å². The van der Waals surface area contributed by atoms with Crippen molar-refractivity contribution >= 4 is 5.78 Å². The predicted octanol–water partition coefficient (Wildman–Crippen LogP) is 2.55. The summed E-state index contributed by atoms with van der Waals surface area (Å²) in [4.78, 5) is 11.6. The fourth-order valence-electron chi connectivity index (χ4n) is 1.85. The quantitative estimate of drug-likeness (QED) is 0.763. The molecule has 1 aromatic rings. The van der Waals surface area contributed by atoms with E-state index in [9.17, 15) is 9.18 Å². The van der Waals surface area contributed by atoms with Crippen LogP contribution in [0.4, 0.5) is 4.39 Å². The van der Waals surface area contributed by atoms with Crippen LogP contribution in [-0.2, 0) is 6.42 Å².